The molecule has 4 aromatic rings. The second-order valence-electron chi connectivity index (χ2n) is 7.18. The van der Waals surface area contributed by atoms with E-state index in [-0.39, 0.29) is 12.1 Å². The van der Waals surface area contributed by atoms with E-state index >= 15 is 0 Å². The number of halogens is 2. The third kappa shape index (κ3) is 6.08. The molecule has 0 bridgehead atoms. The minimum atomic E-state index is -0.549. The van der Waals surface area contributed by atoms with Crippen molar-refractivity contribution in [2.75, 3.05) is 6.54 Å². The fourth-order valence-electron chi connectivity index (χ4n) is 3.00. The number of hydrogen-bond donors (Lipinski definition) is 2. The number of nitrogens with one attached hydrogen (secondary N) is 2. The highest BCUT2D eigenvalue weighted by Crippen LogP contribution is 2.35. The standard InChI is InChI=1S/C25H17ClFN3O4S/c26-22-19-3-1-2-4-20(19)35-23(22)25(33)34-18-11-5-15(6-12-18)13-29-30-21(31)14-28-24(32)16-7-9-17(27)10-8-16/h1-13H,14H2,(H,28,32)(H,30,31)/b29-13+. The zero-order valence-electron chi connectivity index (χ0n) is 18.0. The van der Waals surface area contributed by atoms with Crippen LogP contribution in [-0.2, 0) is 4.79 Å². The number of fused-ring (bicyclic) bond motifs is 1. The third-order valence-electron chi connectivity index (χ3n) is 4.73. The first-order valence-corrected chi connectivity index (χ1v) is 11.4. The molecule has 35 heavy (non-hydrogen) atoms. The maximum Gasteiger partial charge on any atom is 0.355 e. The molecule has 7 nitrogen and oxygen atoms in total. The zero-order valence-corrected chi connectivity index (χ0v) is 19.5. The Labute approximate surface area is 208 Å². The Kier molecular flexibility index (Phi) is 7.49. The lowest BCUT2D eigenvalue weighted by molar-refractivity contribution is -0.120. The van der Waals surface area contributed by atoms with Crippen LogP contribution in [0.2, 0.25) is 5.02 Å². The molecule has 0 radical (unpaired) electrons. The molecule has 0 saturated heterocycles. The summed E-state index contributed by atoms with van der Waals surface area (Å²) in [5, 5.41) is 7.41. The topological polar surface area (TPSA) is 96.9 Å². The summed E-state index contributed by atoms with van der Waals surface area (Å²) in [5.74, 6) is -1.73. The quantitative estimate of drug-likeness (QED) is 0.162. The molecule has 10 heteroatoms. The van der Waals surface area contributed by atoms with Crippen molar-refractivity contribution in [2.45, 2.75) is 0 Å². The van der Waals surface area contributed by atoms with Gasteiger partial charge in [0.25, 0.3) is 11.8 Å². The van der Waals surface area contributed by atoms with Crippen molar-refractivity contribution in [3.05, 3.63) is 99.6 Å². The highest BCUT2D eigenvalue weighted by atomic mass is 35.5. The van der Waals surface area contributed by atoms with Crippen molar-refractivity contribution in [1.29, 1.82) is 0 Å². The van der Waals surface area contributed by atoms with Gasteiger partial charge in [0.15, 0.2) is 0 Å². The summed E-state index contributed by atoms with van der Waals surface area (Å²) in [4.78, 5) is 36.6. The van der Waals surface area contributed by atoms with Crippen molar-refractivity contribution in [2.24, 2.45) is 5.10 Å². The van der Waals surface area contributed by atoms with E-state index in [2.05, 4.69) is 15.8 Å². The smallest absolute Gasteiger partial charge is 0.355 e. The van der Waals surface area contributed by atoms with E-state index in [0.29, 0.717) is 21.2 Å². The Morgan fingerprint density at radius 1 is 1.00 bits per heavy atom. The predicted molar refractivity (Wildman–Crippen MR) is 133 cm³/mol. The van der Waals surface area contributed by atoms with Crippen molar-refractivity contribution >= 4 is 57.0 Å². The third-order valence-corrected chi connectivity index (χ3v) is 6.39. The number of rotatable bonds is 7. The van der Waals surface area contributed by atoms with Gasteiger partial charge in [-0.15, -0.1) is 11.3 Å². The first kappa shape index (κ1) is 24.1. The Morgan fingerprint density at radius 3 is 2.43 bits per heavy atom. The Bertz CT molecular complexity index is 1420. The predicted octanol–water partition coefficient (Wildman–Crippen LogP) is 4.79. The van der Waals surface area contributed by atoms with Crippen molar-refractivity contribution in [3.63, 3.8) is 0 Å². The molecule has 176 valence electrons. The summed E-state index contributed by atoms with van der Waals surface area (Å²) in [7, 11) is 0. The molecular weight excluding hydrogens is 493 g/mol. The number of hydrazone groups is 1. The van der Waals surface area contributed by atoms with Crippen LogP contribution in [0.3, 0.4) is 0 Å². The van der Waals surface area contributed by atoms with Crippen LogP contribution < -0.4 is 15.5 Å². The molecule has 0 fully saturated rings. The van der Waals surface area contributed by atoms with Crippen LogP contribution in [-0.4, -0.2) is 30.5 Å². The normalized spacial score (nSPS) is 10.9. The molecule has 0 unspecified atom stereocenters. The first-order valence-electron chi connectivity index (χ1n) is 10.3. The van der Waals surface area contributed by atoms with E-state index in [9.17, 15) is 18.8 Å². The molecule has 3 aromatic carbocycles. The van der Waals surface area contributed by atoms with Crippen LogP contribution in [0.5, 0.6) is 5.75 Å². The number of hydrogen-bond acceptors (Lipinski definition) is 6. The number of ether oxygens (including phenoxy) is 1. The fourth-order valence-corrected chi connectivity index (χ4v) is 4.39. The van der Waals surface area contributed by atoms with Gasteiger partial charge in [-0.25, -0.2) is 14.6 Å². The molecule has 0 spiro atoms. The lowest BCUT2D eigenvalue weighted by Gasteiger charge is -2.04. The van der Waals surface area contributed by atoms with Crippen LogP contribution in [0.1, 0.15) is 25.6 Å². The second-order valence-corrected chi connectivity index (χ2v) is 8.61. The molecule has 4 rings (SSSR count). The molecule has 2 N–H and O–H groups in total. The first-order chi connectivity index (χ1) is 16.9. The Balaban J connectivity index is 1.26. The minimum absolute atomic E-state index is 0.234. The van der Waals surface area contributed by atoms with Gasteiger partial charge in [0, 0.05) is 15.6 Å². The van der Waals surface area contributed by atoms with Crippen molar-refractivity contribution in [1.82, 2.24) is 10.7 Å². The van der Waals surface area contributed by atoms with Crippen molar-refractivity contribution < 1.29 is 23.5 Å². The van der Waals surface area contributed by atoms with Crippen LogP contribution in [0.15, 0.2) is 77.9 Å². The maximum atomic E-state index is 12.9. The molecule has 0 aliphatic heterocycles. The van der Waals surface area contributed by atoms with E-state index in [1.165, 1.54) is 29.7 Å². The van der Waals surface area contributed by atoms with E-state index in [4.69, 9.17) is 16.3 Å². The maximum absolute atomic E-state index is 12.9. The number of nitrogens with zero attached hydrogens (tertiary/aromatic N) is 1. The van der Waals surface area contributed by atoms with E-state index < -0.39 is 23.6 Å². The largest absolute Gasteiger partial charge is 0.422 e. The molecule has 0 atom stereocenters. The van der Waals surface area contributed by atoms with Gasteiger partial charge < -0.3 is 10.1 Å². The van der Waals surface area contributed by atoms with Gasteiger partial charge in [-0.1, -0.05) is 29.8 Å². The monoisotopic (exact) mass is 509 g/mol. The lowest BCUT2D eigenvalue weighted by atomic mass is 10.2. The summed E-state index contributed by atoms with van der Waals surface area (Å²) >= 11 is 7.59. The van der Waals surface area contributed by atoms with Gasteiger partial charge in [0.2, 0.25) is 0 Å². The number of amides is 2. The highest BCUT2D eigenvalue weighted by molar-refractivity contribution is 7.21. The van der Waals surface area contributed by atoms with Gasteiger partial charge in [-0.3, -0.25) is 9.59 Å². The highest BCUT2D eigenvalue weighted by Gasteiger charge is 2.18. The van der Waals surface area contributed by atoms with Gasteiger partial charge in [0.05, 0.1) is 17.8 Å². The summed E-state index contributed by atoms with van der Waals surface area (Å²) < 4.78 is 19.2. The van der Waals surface area contributed by atoms with Gasteiger partial charge >= 0.3 is 5.97 Å². The zero-order chi connectivity index (χ0) is 24.8. The van der Waals surface area contributed by atoms with Gasteiger partial charge in [0.1, 0.15) is 16.4 Å². The Hall–Kier alpha value is -4.08. The minimum Gasteiger partial charge on any atom is -0.422 e. The van der Waals surface area contributed by atoms with Crippen LogP contribution >= 0.6 is 22.9 Å². The fraction of sp³-hybridized carbons (Fsp3) is 0.0400. The van der Waals surface area contributed by atoms with Crippen LogP contribution in [0, 0.1) is 5.82 Å². The number of benzene rings is 3. The average Bonchev–Trinajstić information content (AvgIpc) is 3.21. The van der Waals surface area contributed by atoms with E-state index in [0.717, 1.165) is 22.2 Å². The van der Waals surface area contributed by atoms with Gasteiger partial charge in [-0.05, 0) is 60.2 Å². The van der Waals surface area contributed by atoms with Crippen LogP contribution in [0.25, 0.3) is 10.1 Å². The summed E-state index contributed by atoms with van der Waals surface area (Å²) in [6, 6.07) is 18.9. The number of carbonyl (C=O) groups excluding carboxylic acids is 3. The summed E-state index contributed by atoms with van der Waals surface area (Å²) in [5.41, 5.74) is 3.17. The second kappa shape index (κ2) is 10.9. The molecule has 1 heterocycles. The molecule has 0 saturated carbocycles. The molecular formula is C25H17ClFN3O4S. The van der Waals surface area contributed by atoms with E-state index in [1.807, 2.05) is 24.3 Å². The summed E-state index contributed by atoms with van der Waals surface area (Å²) in [6.45, 7) is -0.303. The SMILES string of the molecule is O=C(CNC(=O)c1ccc(F)cc1)N/N=C/c1ccc(OC(=O)c2sc3ccccc3c2Cl)cc1. The number of esters is 1. The van der Waals surface area contributed by atoms with Crippen LogP contribution in [0.4, 0.5) is 4.39 Å². The molecule has 2 amide bonds. The Morgan fingerprint density at radius 2 is 1.71 bits per heavy atom. The van der Waals surface area contributed by atoms with Crippen molar-refractivity contribution in [3.8, 4) is 5.75 Å². The lowest BCUT2D eigenvalue weighted by Crippen LogP contribution is -2.34. The summed E-state index contributed by atoms with van der Waals surface area (Å²) in [6.07, 6.45) is 1.40. The van der Waals surface area contributed by atoms with E-state index in [1.54, 1.807) is 24.3 Å². The molecule has 0 aliphatic rings. The van der Waals surface area contributed by atoms with Gasteiger partial charge in [-0.2, -0.15) is 5.10 Å². The number of thiophene rings is 1. The molecule has 0 aliphatic carbocycles. The molecule has 1 aromatic heterocycles. The average molecular weight is 510 g/mol. The number of carbonyl (C=O) groups is 3.